The molecule has 0 heterocycles. The first-order chi connectivity index (χ1) is 4.66. The molecule has 0 saturated heterocycles. The van der Waals surface area contributed by atoms with Gasteiger partial charge in [-0.05, 0) is 6.42 Å². The molecule has 0 aromatic heterocycles. The first-order valence-corrected chi connectivity index (χ1v) is 3.07. The van der Waals surface area contributed by atoms with E-state index in [0.717, 1.165) is 0 Å². The summed E-state index contributed by atoms with van der Waals surface area (Å²) in [5, 5.41) is 8.28. The van der Waals surface area contributed by atoms with Crippen molar-refractivity contribution in [3.63, 3.8) is 0 Å². The van der Waals surface area contributed by atoms with Crippen molar-refractivity contribution >= 4 is 11.7 Å². The van der Waals surface area contributed by atoms with Gasteiger partial charge in [0.15, 0.2) is 0 Å². The average molecular weight is 145 g/mol. The van der Waals surface area contributed by atoms with Crippen LogP contribution in [0.4, 0.5) is 0 Å². The van der Waals surface area contributed by atoms with Crippen LogP contribution in [-0.2, 0) is 9.59 Å². The molecule has 0 atom stereocenters. The van der Waals surface area contributed by atoms with Gasteiger partial charge in [0.1, 0.15) is 5.78 Å². The number of ketones is 1. The highest BCUT2D eigenvalue weighted by Crippen LogP contribution is 1.92. The molecule has 0 aromatic carbocycles. The fraction of sp³-hybridized carbons (Fsp3) is 0.667. The maximum atomic E-state index is 10.6. The first kappa shape index (κ1) is 9.10. The van der Waals surface area contributed by atoms with Crippen LogP contribution in [0.2, 0.25) is 0 Å². The summed E-state index contributed by atoms with van der Waals surface area (Å²) in [6.07, 6.45) is 0.436. The van der Waals surface area contributed by atoms with Crippen LogP contribution >= 0.6 is 0 Å². The third kappa shape index (κ3) is 5.24. The number of rotatable bonds is 5. The third-order valence-electron chi connectivity index (χ3n) is 0.985. The van der Waals surface area contributed by atoms with Crippen molar-refractivity contribution < 1.29 is 14.7 Å². The predicted molar refractivity (Wildman–Crippen MR) is 35.1 cm³/mol. The standard InChI is InChI=1S/C6H11NO3/c7-6(10)4-5(9)2-1-3-8/h8H,1-4H2,(H2,7,10). The number of primary amides is 1. The summed E-state index contributed by atoms with van der Waals surface area (Å²) >= 11 is 0. The molecule has 0 fully saturated rings. The number of hydrogen-bond acceptors (Lipinski definition) is 3. The van der Waals surface area contributed by atoms with Crippen LogP contribution in [-0.4, -0.2) is 23.4 Å². The van der Waals surface area contributed by atoms with Gasteiger partial charge in [0.2, 0.25) is 5.91 Å². The lowest BCUT2D eigenvalue weighted by atomic mass is 10.2. The van der Waals surface area contributed by atoms with Gasteiger partial charge in [-0.1, -0.05) is 0 Å². The van der Waals surface area contributed by atoms with Crippen molar-refractivity contribution in [2.75, 3.05) is 6.61 Å². The summed E-state index contributed by atoms with van der Waals surface area (Å²) in [5.41, 5.74) is 4.74. The lowest BCUT2D eigenvalue weighted by Crippen LogP contribution is -2.16. The summed E-state index contributed by atoms with van der Waals surface area (Å²) in [5.74, 6) is -0.815. The van der Waals surface area contributed by atoms with Crippen LogP contribution in [0.25, 0.3) is 0 Å². The maximum absolute atomic E-state index is 10.6. The van der Waals surface area contributed by atoms with Crippen LogP contribution in [0.1, 0.15) is 19.3 Å². The summed E-state index contributed by atoms with van der Waals surface area (Å²) in [7, 11) is 0. The van der Waals surface area contributed by atoms with Gasteiger partial charge in [0, 0.05) is 13.0 Å². The molecule has 0 spiro atoms. The molecule has 0 radical (unpaired) electrons. The molecule has 1 amide bonds. The summed E-state index contributed by atoms with van der Waals surface area (Å²) in [6, 6.07) is 0. The summed E-state index contributed by atoms with van der Waals surface area (Å²) in [4.78, 5) is 20.7. The van der Waals surface area contributed by atoms with Gasteiger partial charge >= 0.3 is 0 Å². The molecular weight excluding hydrogens is 134 g/mol. The summed E-state index contributed by atoms with van der Waals surface area (Å²) < 4.78 is 0. The zero-order chi connectivity index (χ0) is 7.98. The molecule has 4 heteroatoms. The normalized spacial score (nSPS) is 9.30. The number of Topliss-reactive ketones (excluding diaryl/α,β-unsaturated/α-hetero) is 1. The van der Waals surface area contributed by atoms with Crippen LogP contribution in [0.3, 0.4) is 0 Å². The second-order valence-electron chi connectivity index (χ2n) is 2.01. The second kappa shape index (κ2) is 4.93. The maximum Gasteiger partial charge on any atom is 0.224 e. The van der Waals surface area contributed by atoms with Crippen molar-refractivity contribution in [1.29, 1.82) is 0 Å². The molecule has 4 nitrogen and oxygen atoms in total. The van der Waals surface area contributed by atoms with Crippen LogP contribution in [0.5, 0.6) is 0 Å². The van der Waals surface area contributed by atoms with E-state index in [-0.39, 0.29) is 25.2 Å². The number of amides is 1. The van der Waals surface area contributed by atoms with Crippen LogP contribution in [0, 0.1) is 0 Å². The van der Waals surface area contributed by atoms with E-state index < -0.39 is 5.91 Å². The molecule has 0 saturated carbocycles. The van der Waals surface area contributed by atoms with E-state index in [4.69, 9.17) is 10.8 Å². The fourth-order valence-corrected chi connectivity index (χ4v) is 0.559. The largest absolute Gasteiger partial charge is 0.396 e. The van der Waals surface area contributed by atoms with E-state index in [1.807, 2.05) is 0 Å². The highest BCUT2D eigenvalue weighted by molar-refractivity contribution is 5.97. The van der Waals surface area contributed by atoms with E-state index in [9.17, 15) is 9.59 Å². The zero-order valence-corrected chi connectivity index (χ0v) is 5.67. The molecule has 0 aromatic rings. The van der Waals surface area contributed by atoms with Gasteiger partial charge in [-0.15, -0.1) is 0 Å². The zero-order valence-electron chi connectivity index (χ0n) is 5.67. The van der Waals surface area contributed by atoms with Gasteiger partial charge in [0.05, 0.1) is 6.42 Å². The second-order valence-corrected chi connectivity index (χ2v) is 2.01. The minimum absolute atomic E-state index is 0.0233. The number of hydrogen-bond donors (Lipinski definition) is 2. The monoisotopic (exact) mass is 145 g/mol. The SMILES string of the molecule is NC(=O)CC(=O)CCCO. The number of nitrogens with two attached hydrogens (primary N) is 1. The minimum atomic E-state index is -0.608. The molecule has 0 aliphatic carbocycles. The quantitative estimate of drug-likeness (QED) is 0.497. The predicted octanol–water partition coefficient (Wildman–Crippen LogP) is -0.797. The van der Waals surface area contributed by atoms with Crippen LogP contribution in [0.15, 0.2) is 0 Å². The average Bonchev–Trinajstić information content (AvgIpc) is 1.82. The Bertz CT molecular complexity index is 133. The highest BCUT2D eigenvalue weighted by Gasteiger charge is 2.04. The van der Waals surface area contributed by atoms with Gasteiger partial charge in [-0.2, -0.15) is 0 Å². The fourth-order valence-electron chi connectivity index (χ4n) is 0.559. The smallest absolute Gasteiger partial charge is 0.224 e. The Labute approximate surface area is 59.0 Å². The number of carbonyl (C=O) groups excluding carboxylic acids is 2. The summed E-state index contributed by atoms with van der Waals surface area (Å²) in [6.45, 7) is -0.0233. The molecule has 3 N–H and O–H groups in total. The van der Waals surface area contributed by atoms with Crippen molar-refractivity contribution in [2.45, 2.75) is 19.3 Å². The van der Waals surface area contributed by atoms with E-state index in [2.05, 4.69) is 0 Å². The van der Waals surface area contributed by atoms with Crippen molar-refractivity contribution in [1.82, 2.24) is 0 Å². The minimum Gasteiger partial charge on any atom is -0.396 e. The Morgan fingerprint density at radius 1 is 1.40 bits per heavy atom. The third-order valence-corrected chi connectivity index (χ3v) is 0.985. The Morgan fingerprint density at radius 3 is 2.40 bits per heavy atom. The first-order valence-electron chi connectivity index (χ1n) is 3.07. The van der Waals surface area contributed by atoms with Gasteiger partial charge in [0.25, 0.3) is 0 Å². The molecular formula is C6H11NO3. The number of aliphatic hydroxyl groups is 1. The Balaban J connectivity index is 3.35. The highest BCUT2D eigenvalue weighted by atomic mass is 16.3. The van der Waals surface area contributed by atoms with Gasteiger partial charge in [-0.3, -0.25) is 9.59 Å². The molecule has 10 heavy (non-hydrogen) atoms. The lowest BCUT2D eigenvalue weighted by Gasteiger charge is -1.93. The molecule has 0 unspecified atom stereocenters. The molecule has 0 rings (SSSR count). The Kier molecular flexibility index (Phi) is 4.49. The number of carbonyl (C=O) groups is 2. The van der Waals surface area contributed by atoms with Crippen molar-refractivity contribution in [2.24, 2.45) is 5.73 Å². The van der Waals surface area contributed by atoms with Gasteiger partial charge in [-0.25, -0.2) is 0 Å². The molecule has 0 aliphatic rings. The molecule has 58 valence electrons. The molecule has 0 bridgehead atoms. The number of aliphatic hydroxyl groups excluding tert-OH is 1. The van der Waals surface area contributed by atoms with E-state index in [0.29, 0.717) is 6.42 Å². The van der Waals surface area contributed by atoms with Gasteiger partial charge < -0.3 is 10.8 Å². The topological polar surface area (TPSA) is 80.4 Å². The van der Waals surface area contributed by atoms with Crippen LogP contribution < -0.4 is 5.73 Å². The van der Waals surface area contributed by atoms with E-state index >= 15 is 0 Å². The van der Waals surface area contributed by atoms with Crippen molar-refractivity contribution in [3.8, 4) is 0 Å². The van der Waals surface area contributed by atoms with E-state index in [1.165, 1.54) is 0 Å². The molecule has 0 aliphatic heterocycles. The Morgan fingerprint density at radius 2 is 2.00 bits per heavy atom. The Hall–Kier alpha value is -0.900. The van der Waals surface area contributed by atoms with Crippen molar-refractivity contribution in [3.05, 3.63) is 0 Å². The van der Waals surface area contributed by atoms with E-state index in [1.54, 1.807) is 0 Å². The lowest BCUT2D eigenvalue weighted by molar-refractivity contribution is -0.126.